The van der Waals surface area contributed by atoms with E-state index in [0.29, 0.717) is 11.4 Å². The number of amides is 1. The lowest BCUT2D eigenvalue weighted by molar-refractivity contribution is 0.0953. The first-order chi connectivity index (χ1) is 11.8. The number of hydrogen-bond donors (Lipinski definition) is 2. The Hall–Kier alpha value is -2.48. The van der Waals surface area contributed by atoms with Crippen molar-refractivity contribution in [1.29, 1.82) is 0 Å². The summed E-state index contributed by atoms with van der Waals surface area (Å²) in [6.07, 6.45) is 6.20. The Kier molecular flexibility index (Phi) is 4.12. The second-order valence-corrected chi connectivity index (χ2v) is 6.90. The Balaban J connectivity index is 1.43. The van der Waals surface area contributed by atoms with Gasteiger partial charge < -0.3 is 9.88 Å². The Morgan fingerprint density at radius 2 is 2.21 bits per heavy atom. The second kappa shape index (κ2) is 6.56. The number of nitrogens with zero attached hydrogens (tertiary/aromatic N) is 4. The van der Waals surface area contributed by atoms with E-state index in [0.717, 1.165) is 48.0 Å². The average molecular weight is 342 g/mol. The van der Waals surface area contributed by atoms with Crippen LogP contribution in [0, 0.1) is 0 Å². The molecule has 0 unspecified atom stereocenters. The van der Waals surface area contributed by atoms with E-state index in [1.807, 2.05) is 18.2 Å². The topological polar surface area (TPSA) is 88.5 Å². The van der Waals surface area contributed by atoms with E-state index in [2.05, 4.69) is 30.3 Å². The van der Waals surface area contributed by atoms with Crippen LogP contribution in [0.5, 0.6) is 0 Å². The van der Waals surface area contributed by atoms with Crippen molar-refractivity contribution in [3.05, 3.63) is 40.9 Å². The number of hydrogen-bond acceptors (Lipinski definition) is 5. The smallest absolute Gasteiger partial charge is 0.261 e. The van der Waals surface area contributed by atoms with Crippen molar-refractivity contribution in [3.63, 3.8) is 0 Å². The molecular weight excluding hydrogens is 324 g/mol. The van der Waals surface area contributed by atoms with Crippen LogP contribution in [0.15, 0.2) is 24.4 Å². The molecule has 4 rings (SSSR count). The van der Waals surface area contributed by atoms with Gasteiger partial charge >= 0.3 is 0 Å². The van der Waals surface area contributed by atoms with Gasteiger partial charge in [-0.05, 0) is 31.0 Å². The van der Waals surface area contributed by atoms with Gasteiger partial charge in [-0.3, -0.25) is 9.89 Å². The molecule has 24 heavy (non-hydrogen) atoms. The summed E-state index contributed by atoms with van der Waals surface area (Å²) in [5.74, 6) is 1.79. The van der Waals surface area contributed by atoms with E-state index in [4.69, 9.17) is 0 Å². The van der Waals surface area contributed by atoms with Crippen LogP contribution in [0.4, 0.5) is 0 Å². The van der Waals surface area contributed by atoms with E-state index in [1.54, 1.807) is 6.20 Å². The molecular formula is C16H18N6OS. The number of nitrogens with one attached hydrogen (secondary N) is 2. The van der Waals surface area contributed by atoms with E-state index in [1.165, 1.54) is 17.8 Å². The second-order valence-electron chi connectivity index (χ2n) is 5.81. The van der Waals surface area contributed by atoms with Gasteiger partial charge in [0.05, 0.1) is 22.0 Å². The largest absolute Gasteiger partial charge is 0.344 e. The number of aromatic nitrogens is 5. The van der Waals surface area contributed by atoms with Gasteiger partial charge in [0.15, 0.2) is 5.82 Å². The number of carbonyl (C=O) groups excluding carboxylic acids is 1. The maximum Gasteiger partial charge on any atom is 0.261 e. The maximum atomic E-state index is 12.4. The Bertz CT molecular complexity index is 835. The normalized spacial score (nSPS) is 14.2. The zero-order valence-electron chi connectivity index (χ0n) is 13.2. The van der Waals surface area contributed by atoms with Crippen molar-refractivity contribution in [2.45, 2.75) is 38.8 Å². The van der Waals surface area contributed by atoms with Gasteiger partial charge in [-0.25, -0.2) is 0 Å². The Labute approximate surface area is 143 Å². The summed E-state index contributed by atoms with van der Waals surface area (Å²) in [7, 11) is 0. The quantitative estimate of drug-likeness (QED) is 0.762. The van der Waals surface area contributed by atoms with Crippen LogP contribution in [0.2, 0.25) is 0 Å². The van der Waals surface area contributed by atoms with Crippen molar-refractivity contribution in [3.8, 4) is 10.6 Å². The van der Waals surface area contributed by atoms with Gasteiger partial charge in [0.25, 0.3) is 5.91 Å². The van der Waals surface area contributed by atoms with Crippen molar-refractivity contribution in [2.24, 2.45) is 0 Å². The van der Waals surface area contributed by atoms with Gasteiger partial charge in [-0.1, -0.05) is 6.42 Å². The van der Waals surface area contributed by atoms with E-state index < -0.39 is 0 Å². The molecule has 0 spiro atoms. The highest BCUT2D eigenvalue weighted by Gasteiger charge is 2.16. The number of H-pyrrole nitrogens is 1. The number of rotatable bonds is 4. The molecule has 2 N–H and O–H groups in total. The molecule has 124 valence electrons. The fourth-order valence-electron chi connectivity index (χ4n) is 2.92. The summed E-state index contributed by atoms with van der Waals surface area (Å²) < 4.78 is 2.15. The first-order valence-corrected chi connectivity index (χ1v) is 8.91. The minimum atomic E-state index is -0.0864. The Morgan fingerprint density at radius 1 is 1.25 bits per heavy atom. The summed E-state index contributed by atoms with van der Waals surface area (Å²) in [5.41, 5.74) is 0.918. The van der Waals surface area contributed by atoms with E-state index in [-0.39, 0.29) is 5.91 Å². The molecule has 0 aliphatic carbocycles. The molecule has 3 aromatic rings. The monoisotopic (exact) mass is 342 g/mol. The lowest BCUT2D eigenvalue weighted by Crippen LogP contribution is -2.24. The molecule has 0 aromatic carbocycles. The summed E-state index contributed by atoms with van der Waals surface area (Å²) in [6.45, 7) is 1.35. The highest BCUT2D eigenvalue weighted by Crippen LogP contribution is 2.26. The van der Waals surface area contributed by atoms with Crippen LogP contribution in [0.3, 0.4) is 0 Å². The summed E-state index contributed by atoms with van der Waals surface area (Å²) in [5, 5.41) is 18.3. The fourth-order valence-corrected chi connectivity index (χ4v) is 3.82. The third kappa shape index (κ3) is 2.96. The zero-order valence-corrected chi connectivity index (χ0v) is 14.0. The predicted octanol–water partition coefficient (Wildman–Crippen LogP) is 2.39. The van der Waals surface area contributed by atoms with Gasteiger partial charge in [-0.15, -0.1) is 21.5 Å². The van der Waals surface area contributed by atoms with E-state index in [9.17, 15) is 4.79 Å². The van der Waals surface area contributed by atoms with Crippen molar-refractivity contribution in [2.75, 3.05) is 0 Å². The molecule has 8 heteroatoms. The molecule has 7 nitrogen and oxygen atoms in total. The first kappa shape index (κ1) is 15.1. The van der Waals surface area contributed by atoms with E-state index >= 15 is 0 Å². The molecule has 0 atom stereocenters. The Morgan fingerprint density at radius 3 is 3.08 bits per heavy atom. The van der Waals surface area contributed by atoms with Crippen molar-refractivity contribution >= 4 is 17.2 Å². The van der Waals surface area contributed by atoms with Crippen LogP contribution in [-0.4, -0.2) is 30.9 Å². The van der Waals surface area contributed by atoms with Crippen molar-refractivity contribution < 1.29 is 4.79 Å². The van der Waals surface area contributed by atoms with Crippen LogP contribution in [0.25, 0.3) is 10.6 Å². The number of thiophene rings is 1. The minimum absolute atomic E-state index is 0.0864. The van der Waals surface area contributed by atoms with Gasteiger partial charge in [-0.2, -0.15) is 5.10 Å². The van der Waals surface area contributed by atoms with Gasteiger partial charge in [0.2, 0.25) is 0 Å². The highest BCUT2D eigenvalue weighted by atomic mass is 32.1. The average Bonchev–Trinajstić information content (AvgIpc) is 3.31. The lowest BCUT2D eigenvalue weighted by Gasteiger charge is -2.07. The van der Waals surface area contributed by atoms with Gasteiger partial charge in [0, 0.05) is 19.2 Å². The molecule has 0 saturated heterocycles. The van der Waals surface area contributed by atoms with Crippen LogP contribution in [-0.2, 0) is 19.5 Å². The van der Waals surface area contributed by atoms with Crippen LogP contribution in [0.1, 0.15) is 40.6 Å². The number of aryl methyl sites for hydroxylation is 1. The SMILES string of the molecule is O=C(NCc1nnc2n1CCCCC2)c1ccc(-c2ccn[nH]2)s1. The highest BCUT2D eigenvalue weighted by molar-refractivity contribution is 7.17. The molecule has 0 fully saturated rings. The third-order valence-electron chi connectivity index (χ3n) is 4.19. The number of aromatic amines is 1. The van der Waals surface area contributed by atoms with Crippen molar-refractivity contribution in [1.82, 2.24) is 30.3 Å². The molecule has 1 aliphatic rings. The standard InChI is InChI=1S/C16H18N6OS/c23-16(13-6-5-12(24-13)11-7-8-18-19-11)17-10-15-21-20-14-4-2-1-3-9-22(14)15/h5-8H,1-4,9-10H2,(H,17,23)(H,18,19). The number of fused-ring (bicyclic) bond motifs is 1. The zero-order chi connectivity index (χ0) is 16.4. The molecule has 0 bridgehead atoms. The third-order valence-corrected chi connectivity index (χ3v) is 5.31. The molecule has 3 aromatic heterocycles. The summed E-state index contributed by atoms with van der Waals surface area (Å²) >= 11 is 1.44. The molecule has 4 heterocycles. The first-order valence-electron chi connectivity index (χ1n) is 8.10. The molecule has 1 aliphatic heterocycles. The summed E-state index contributed by atoms with van der Waals surface area (Å²) in [6, 6.07) is 5.65. The maximum absolute atomic E-state index is 12.4. The van der Waals surface area contributed by atoms with Gasteiger partial charge in [0.1, 0.15) is 5.82 Å². The molecule has 0 radical (unpaired) electrons. The summed E-state index contributed by atoms with van der Waals surface area (Å²) in [4.78, 5) is 14.0. The number of carbonyl (C=O) groups is 1. The van der Waals surface area contributed by atoms with Crippen LogP contribution >= 0.6 is 11.3 Å². The lowest BCUT2D eigenvalue weighted by atomic mass is 10.2. The molecule has 0 saturated carbocycles. The van der Waals surface area contributed by atoms with Crippen LogP contribution < -0.4 is 5.32 Å². The minimum Gasteiger partial charge on any atom is -0.344 e. The fraction of sp³-hybridized carbons (Fsp3) is 0.375. The molecule has 1 amide bonds. The predicted molar refractivity (Wildman–Crippen MR) is 90.6 cm³/mol.